The standard InChI is InChI=1S/C24H19FN4O5/c25-17-8-10-18(11-9-17)28-21(30)13-20(24(28)33)29(27-23(32)16-5-4-12-26-14-16)22(31)15-34-19-6-2-1-3-7-19/h1-12,14,20H,13,15H2,(H,27,32). The predicted octanol–water partition coefficient (Wildman–Crippen LogP) is 2.11. The molecular formula is C24H19FN4O5. The van der Waals surface area contributed by atoms with Gasteiger partial charge in [-0.25, -0.2) is 14.3 Å². The van der Waals surface area contributed by atoms with E-state index in [0.29, 0.717) is 5.75 Å². The first kappa shape index (κ1) is 22.6. The van der Waals surface area contributed by atoms with Gasteiger partial charge >= 0.3 is 0 Å². The van der Waals surface area contributed by atoms with Crippen molar-refractivity contribution in [2.24, 2.45) is 0 Å². The first-order valence-corrected chi connectivity index (χ1v) is 10.3. The van der Waals surface area contributed by atoms with Crippen molar-refractivity contribution >= 4 is 29.3 Å². The molecule has 0 radical (unpaired) electrons. The van der Waals surface area contributed by atoms with Gasteiger partial charge in [-0.15, -0.1) is 0 Å². The SMILES string of the molecule is O=C(NN(C(=O)COc1ccccc1)C1CC(=O)N(c2ccc(F)cc2)C1=O)c1cccnc1. The third-order valence-corrected chi connectivity index (χ3v) is 5.04. The Labute approximate surface area is 193 Å². The van der Waals surface area contributed by atoms with E-state index in [-0.39, 0.29) is 17.7 Å². The topological polar surface area (TPSA) is 109 Å². The summed E-state index contributed by atoms with van der Waals surface area (Å²) >= 11 is 0. The van der Waals surface area contributed by atoms with Gasteiger partial charge in [0.25, 0.3) is 17.7 Å². The van der Waals surface area contributed by atoms with E-state index in [9.17, 15) is 23.6 Å². The second-order valence-electron chi connectivity index (χ2n) is 7.31. The molecule has 172 valence electrons. The molecule has 1 atom stereocenters. The van der Waals surface area contributed by atoms with Crippen LogP contribution < -0.4 is 15.1 Å². The number of hydrogen-bond acceptors (Lipinski definition) is 6. The highest BCUT2D eigenvalue weighted by Crippen LogP contribution is 2.25. The molecule has 2 heterocycles. The molecule has 1 saturated heterocycles. The number of amides is 4. The maximum atomic E-state index is 13.3. The zero-order valence-electron chi connectivity index (χ0n) is 17.8. The molecule has 10 heteroatoms. The van der Waals surface area contributed by atoms with Crippen molar-refractivity contribution < 1.29 is 28.3 Å². The Morgan fingerprint density at radius 3 is 2.47 bits per heavy atom. The normalized spacial score (nSPS) is 15.2. The van der Waals surface area contributed by atoms with Crippen LogP contribution in [0.15, 0.2) is 79.1 Å². The minimum Gasteiger partial charge on any atom is -0.484 e. The van der Waals surface area contributed by atoms with Crippen LogP contribution in [0.4, 0.5) is 10.1 Å². The van der Waals surface area contributed by atoms with Crippen molar-refractivity contribution in [2.45, 2.75) is 12.5 Å². The van der Waals surface area contributed by atoms with Gasteiger partial charge in [0, 0.05) is 12.4 Å². The lowest BCUT2D eigenvalue weighted by atomic mass is 10.2. The Balaban J connectivity index is 1.58. The maximum absolute atomic E-state index is 13.3. The lowest BCUT2D eigenvalue weighted by molar-refractivity contribution is -0.142. The molecule has 1 N–H and O–H groups in total. The Morgan fingerprint density at radius 2 is 1.79 bits per heavy atom. The van der Waals surface area contributed by atoms with E-state index in [1.807, 2.05) is 0 Å². The van der Waals surface area contributed by atoms with E-state index in [1.165, 1.54) is 30.6 Å². The molecule has 1 aliphatic heterocycles. The lowest BCUT2D eigenvalue weighted by Crippen LogP contribution is -2.56. The van der Waals surface area contributed by atoms with Crippen LogP contribution in [0.3, 0.4) is 0 Å². The molecule has 3 aromatic rings. The van der Waals surface area contributed by atoms with Crippen LogP contribution in [-0.4, -0.2) is 46.3 Å². The zero-order chi connectivity index (χ0) is 24.1. The second kappa shape index (κ2) is 9.90. The minimum atomic E-state index is -1.31. The summed E-state index contributed by atoms with van der Waals surface area (Å²) in [6, 6.07) is 15.0. The number of nitrogens with one attached hydrogen (secondary N) is 1. The number of hydrazine groups is 1. The van der Waals surface area contributed by atoms with E-state index in [0.717, 1.165) is 22.0 Å². The summed E-state index contributed by atoms with van der Waals surface area (Å²) in [5.74, 6) is -2.89. The number of benzene rings is 2. The summed E-state index contributed by atoms with van der Waals surface area (Å²) in [6.07, 6.45) is 2.40. The molecule has 34 heavy (non-hydrogen) atoms. The number of anilines is 1. The number of halogens is 1. The smallest absolute Gasteiger partial charge is 0.279 e. The third-order valence-electron chi connectivity index (χ3n) is 5.04. The Hall–Kier alpha value is -4.60. The predicted molar refractivity (Wildman–Crippen MR) is 118 cm³/mol. The van der Waals surface area contributed by atoms with Crippen LogP contribution in [-0.2, 0) is 14.4 Å². The summed E-state index contributed by atoms with van der Waals surface area (Å²) in [6.45, 7) is -0.494. The molecule has 0 bridgehead atoms. The summed E-state index contributed by atoms with van der Waals surface area (Å²) in [5, 5.41) is 0.808. The van der Waals surface area contributed by atoms with Crippen LogP contribution in [0.5, 0.6) is 5.75 Å². The van der Waals surface area contributed by atoms with Gasteiger partial charge in [0.05, 0.1) is 17.7 Å². The van der Waals surface area contributed by atoms with Gasteiger partial charge in [0.1, 0.15) is 17.6 Å². The average molecular weight is 462 g/mol. The Morgan fingerprint density at radius 1 is 1.06 bits per heavy atom. The van der Waals surface area contributed by atoms with Gasteiger partial charge in [-0.1, -0.05) is 18.2 Å². The lowest BCUT2D eigenvalue weighted by Gasteiger charge is -2.27. The van der Waals surface area contributed by atoms with Gasteiger partial charge in [0.15, 0.2) is 6.61 Å². The van der Waals surface area contributed by atoms with Crippen LogP contribution in [0.2, 0.25) is 0 Å². The zero-order valence-corrected chi connectivity index (χ0v) is 17.8. The molecule has 4 amide bonds. The highest BCUT2D eigenvalue weighted by Gasteiger charge is 2.45. The second-order valence-corrected chi connectivity index (χ2v) is 7.31. The summed E-state index contributed by atoms with van der Waals surface area (Å²) in [7, 11) is 0. The van der Waals surface area contributed by atoms with Crippen LogP contribution >= 0.6 is 0 Å². The number of ether oxygens (including phenoxy) is 1. The third kappa shape index (κ3) is 4.90. The highest BCUT2D eigenvalue weighted by atomic mass is 19.1. The quantitative estimate of drug-likeness (QED) is 0.444. The fraction of sp³-hybridized carbons (Fsp3) is 0.125. The summed E-state index contributed by atoms with van der Waals surface area (Å²) in [4.78, 5) is 56.3. The van der Waals surface area contributed by atoms with Gasteiger partial charge in [0.2, 0.25) is 5.91 Å². The van der Waals surface area contributed by atoms with Crippen molar-refractivity contribution in [1.29, 1.82) is 0 Å². The highest BCUT2D eigenvalue weighted by molar-refractivity contribution is 6.23. The van der Waals surface area contributed by atoms with Crippen molar-refractivity contribution in [1.82, 2.24) is 15.4 Å². The van der Waals surface area contributed by atoms with E-state index in [4.69, 9.17) is 4.74 Å². The number of rotatable bonds is 6. The van der Waals surface area contributed by atoms with Crippen molar-refractivity contribution in [2.75, 3.05) is 11.5 Å². The number of pyridine rings is 1. The van der Waals surface area contributed by atoms with Gasteiger partial charge in [-0.2, -0.15) is 0 Å². The first-order chi connectivity index (χ1) is 16.4. The molecule has 1 aliphatic rings. The van der Waals surface area contributed by atoms with Gasteiger partial charge in [-0.05, 0) is 48.5 Å². The molecule has 1 unspecified atom stereocenters. The van der Waals surface area contributed by atoms with Crippen LogP contribution in [0.25, 0.3) is 0 Å². The molecule has 0 spiro atoms. The first-order valence-electron chi connectivity index (χ1n) is 10.3. The number of carbonyl (C=O) groups excluding carboxylic acids is 4. The Kier molecular flexibility index (Phi) is 6.58. The largest absolute Gasteiger partial charge is 0.484 e. The number of carbonyl (C=O) groups is 4. The van der Waals surface area contributed by atoms with Crippen LogP contribution in [0.1, 0.15) is 16.8 Å². The average Bonchev–Trinajstić information content (AvgIpc) is 3.16. The van der Waals surface area contributed by atoms with Crippen molar-refractivity contribution in [3.8, 4) is 5.75 Å². The molecule has 0 saturated carbocycles. The molecule has 2 aromatic carbocycles. The number of hydrogen-bond donors (Lipinski definition) is 1. The van der Waals surface area contributed by atoms with Gasteiger partial charge in [-0.3, -0.25) is 29.6 Å². The van der Waals surface area contributed by atoms with E-state index in [1.54, 1.807) is 36.4 Å². The molecule has 1 fully saturated rings. The fourth-order valence-electron chi connectivity index (χ4n) is 3.40. The van der Waals surface area contributed by atoms with E-state index in [2.05, 4.69) is 10.4 Å². The minimum absolute atomic E-state index is 0.149. The molecule has 4 rings (SSSR count). The Bertz CT molecular complexity index is 1210. The molecule has 9 nitrogen and oxygen atoms in total. The number of aromatic nitrogens is 1. The van der Waals surface area contributed by atoms with E-state index >= 15 is 0 Å². The summed E-state index contributed by atoms with van der Waals surface area (Å²) in [5.41, 5.74) is 2.72. The number of imide groups is 1. The molecule has 1 aromatic heterocycles. The van der Waals surface area contributed by atoms with Crippen molar-refractivity contribution in [3.63, 3.8) is 0 Å². The molecule has 0 aliphatic carbocycles. The number of nitrogens with zero attached hydrogens (tertiary/aromatic N) is 3. The molecular weight excluding hydrogens is 443 g/mol. The van der Waals surface area contributed by atoms with Crippen molar-refractivity contribution in [3.05, 3.63) is 90.5 Å². The fourth-order valence-corrected chi connectivity index (χ4v) is 3.40. The van der Waals surface area contributed by atoms with E-state index < -0.39 is 42.1 Å². The maximum Gasteiger partial charge on any atom is 0.279 e. The summed E-state index contributed by atoms with van der Waals surface area (Å²) < 4.78 is 18.8. The number of para-hydroxylation sites is 1. The van der Waals surface area contributed by atoms with Crippen LogP contribution in [0, 0.1) is 5.82 Å². The monoisotopic (exact) mass is 462 g/mol. The van der Waals surface area contributed by atoms with Gasteiger partial charge < -0.3 is 4.74 Å².